The van der Waals surface area contributed by atoms with Gasteiger partial charge in [0.1, 0.15) is 18.1 Å². The van der Waals surface area contributed by atoms with Gasteiger partial charge < -0.3 is 42.7 Å². The van der Waals surface area contributed by atoms with Gasteiger partial charge in [-0.25, -0.2) is 4.79 Å². The van der Waals surface area contributed by atoms with Crippen LogP contribution < -0.4 is 27.4 Å². The number of amides is 3. The lowest BCUT2D eigenvalue weighted by atomic mass is 10.1. The molecule has 0 radical (unpaired) electrons. The third-order valence-corrected chi connectivity index (χ3v) is 3.59. The fraction of sp³-hybridized carbons (Fsp3) is 0.667. The van der Waals surface area contributed by atoms with Crippen molar-refractivity contribution >= 4 is 29.7 Å². The van der Waals surface area contributed by atoms with Crippen LogP contribution in [0.25, 0.3) is 0 Å². The highest BCUT2D eigenvalue weighted by Gasteiger charge is 2.30. The predicted octanol–water partition coefficient (Wildman–Crippen LogP) is -3.92. The molecule has 10 N–H and O–H groups in total. The van der Waals surface area contributed by atoms with Gasteiger partial charge in [-0.2, -0.15) is 0 Å². The van der Waals surface area contributed by atoms with Gasteiger partial charge in [0, 0.05) is 0 Å². The second kappa shape index (κ2) is 13.4. The number of carboxylic acid groups (broad SMARTS) is 2. The van der Waals surface area contributed by atoms with Crippen molar-refractivity contribution in [2.75, 3.05) is 19.7 Å². The number of unbranched alkanes of at least 4 members (excludes halogenated alkanes) is 1. The lowest BCUT2D eigenvalue weighted by Gasteiger charge is -2.23. The van der Waals surface area contributed by atoms with Gasteiger partial charge in [-0.05, 0) is 25.8 Å². The highest BCUT2D eigenvalue weighted by Crippen LogP contribution is 2.03. The van der Waals surface area contributed by atoms with Crippen LogP contribution in [0.2, 0.25) is 0 Å². The molecule has 13 nitrogen and oxygen atoms in total. The molecular formula is C15H27N5O8. The zero-order chi connectivity index (χ0) is 21.7. The quantitative estimate of drug-likeness (QED) is 0.131. The van der Waals surface area contributed by atoms with Crippen LogP contribution in [0.4, 0.5) is 0 Å². The van der Waals surface area contributed by atoms with Crippen LogP contribution in [0.1, 0.15) is 25.7 Å². The number of aliphatic carboxylic acids is 2. The second-order valence-electron chi connectivity index (χ2n) is 5.85. The first-order chi connectivity index (χ1) is 13.2. The molecule has 0 fully saturated rings. The smallest absolute Gasteiger partial charge is 0.328 e. The first-order valence-electron chi connectivity index (χ1n) is 8.51. The number of aliphatic hydroxyl groups is 1. The summed E-state index contributed by atoms with van der Waals surface area (Å²) in [6.07, 6.45) is 0.374. The van der Waals surface area contributed by atoms with Crippen molar-refractivity contribution < 1.29 is 39.3 Å². The molecule has 160 valence electrons. The van der Waals surface area contributed by atoms with Crippen LogP contribution in [0, 0.1) is 0 Å². The summed E-state index contributed by atoms with van der Waals surface area (Å²) in [6.45, 7) is -0.944. The first-order valence-corrected chi connectivity index (χ1v) is 8.51. The standard InChI is InChI=1S/C15H27N5O8/c16-4-2-1-3-8(18-11(22)6-17)13(25)19-9(5-12(23)24)14(26)20-10(7-21)15(27)28/h8-10,21H,1-7,16-17H2,(H,18,22)(H,19,25)(H,20,26)(H,23,24)(H,27,28). The zero-order valence-electron chi connectivity index (χ0n) is 15.2. The molecule has 0 bridgehead atoms. The van der Waals surface area contributed by atoms with Crippen molar-refractivity contribution in [1.29, 1.82) is 0 Å². The number of aliphatic hydroxyl groups excluding tert-OH is 1. The van der Waals surface area contributed by atoms with Gasteiger partial charge in [0.2, 0.25) is 17.7 Å². The van der Waals surface area contributed by atoms with E-state index in [1.165, 1.54) is 0 Å². The number of carboxylic acids is 2. The molecule has 0 heterocycles. The Balaban J connectivity index is 5.24. The van der Waals surface area contributed by atoms with Crippen LogP contribution in [0.3, 0.4) is 0 Å². The summed E-state index contributed by atoms with van der Waals surface area (Å²) in [5.74, 6) is -5.54. The summed E-state index contributed by atoms with van der Waals surface area (Å²) in [5.41, 5.74) is 10.6. The maximum atomic E-state index is 12.4. The molecule has 0 aliphatic rings. The van der Waals surface area contributed by atoms with Crippen molar-refractivity contribution in [1.82, 2.24) is 16.0 Å². The molecule has 0 aromatic heterocycles. The number of hydrogen-bond acceptors (Lipinski definition) is 8. The minimum atomic E-state index is -1.67. The monoisotopic (exact) mass is 405 g/mol. The number of hydrogen-bond donors (Lipinski definition) is 8. The fourth-order valence-electron chi connectivity index (χ4n) is 2.13. The van der Waals surface area contributed by atoms with Crippen molar-refractivity contribution in [3.63, 3.8) is 0 Å². The molecule has 3 unspecified atom stereocenters. The lowest BCUT2D eigenvalue weighted by molar-refractivity contribution is -0.144. The van der Waals surface area contributed by atoms with Crippen LogP contribution >= 0.6 is 0 Å². The summed E-state index contributed by atoms with van der Waals surface area (Å²) in [7, 11) is 0. The van der Waals surface area contributed by atoms with E-state index in [1.807, 2.05) is 5.32 Å². The van der Waals surface area contributed by atoms with Crippen molar-refractivity contribution in [2.24, 2.45) is 11.5 Å². The Hall–Kier alpha value is -2.77. The van der Waals surface area contributed by atoms with Crippen molar-refractivity contribution in [3.8, 4) is 0 Å². The SMILES string of the molecule is NCCCCC(NC(=O)CN)C(=O)NC(CC(=O)O)C(=O)NC(CO)C(=O)O. The van der Waals surface area contributed by atoms with Gasteiger partial charge in [0.15, 0.2) is 0 Å². The molecule has 3 atom stereocenters. The maximum absolute atomic E-state index is 12.4. The summed E-state index contributed by atoms with van der Waals surface area (Å²) >= 11 is 0. The molecule has 0 aliphatic carbocycles. The molecule has 0 saturated heterocycles. The van der Waals surface area contributed by atoms with Gasteiger partial charge in [-0.1, -0.05) is 0 Å². The average molecular weight is 405 g/mol. The summed E-state index contributed by atoms with van der Waals surface area (Å²) in [6, 6.07) is -4.37. The van der Waals surface area contributed by atoms with Gasteiger partial charge in [0.25, 0.3) is 0 Å². The maximum Gasteiger partial charge on any atom is 0.328 e. The minimum absolute atomic E-state index is 0.171. The van der Waals surface area contributed by atoms with Gasteiger partial charge in [-0.3, -0.25) is 19.2 Å². The normalized spacial score (nSPS) is 13.7. The Morgan fingerprint density at radius 3 is 1.86 bits per heavy atom. The van der Waals surface area contributed by atoms with E-state index in [1.54, 1.807) is 0 Å². The average Bonchev–Trinajstić information content (AvgIpc) is 2.63. The Morgan fingerprint density at radius 2 is 1.39 bits per heavy atom. The molecule has 0 aromatic carbocycles. The van der Waals surface area contributed by atoms with E-state index in [0.29, 0.717) is 19.4 Å². The number of carbonyl (C=O) groups excluding carboxylic acids is 3. The first kappa shape index (κ1) is 25.2. The summed E-state index contributed by atoms with van der Waals surface area (Å²) in [4.78, 5) is 58.0. The molecular weight excluding hydrogens is 378 g/mol. The largest absolute Gasteiger partial charge is 0.481 e. The van der Waals surface area contributed by atoms with E-state index >= 15 is 0 Å². The number of carbonyl (C=O) groups is 5. The molecule has 13 heteroatoms. The minimum Gasteiger partial charge on any atom is -0.481 e. The van der Waals surface area contributed by atoms with E-state index in [-0.39, 0.29) is 13.0 Å². The molecule has 0 rings (SSSR count). The van der Waals surface area contributed by atoms with Crippen LogP contribution in [-0.2, 0) is 24.0 Å². The predicted molar refractivity (Wildman–Crippen MR) is 94.7 cm³/mol. The number of nitrogens with two attached hydrogens (primary N) is 2. The molecule has 0 saturated carbocycles. The van der Waals surface area contributed by atoms with E-state index in [0.717, 1.165) is 0 Å². The third-order valence-electron chi connectivity index (χ3n) is 3.59. The summed E-state index contributed by atoms with van der Waals surface area (Å²) in [5, 5.41) is 33.2. The molecule has 0 spiro atoms. The topological polar surface area (TPSA) is 234 Å². The van der Waals surface area contributed by atoms with E-state index < -0.39 is 60.8 Å². The second-order valence-corrected chi connectivity index (χ2v) is 5.85. The van der Waals surface area contributed by atoms with Crippen LogP contribution in [-0.4, -0.2) is 82.8 Å². The molecule has 28 heavy (non-hydrogen) atoms. The third kappa shape index (κ3) is 9.80. The summed E-state index contributed by atoms with van der Waals surface area (Å²) < 4.78 is 0. The van der Waals surface area contributed by atoms with Crippen LogP contribution in [0.5, 0.6) is 0 Å². The Morgan fingerprint density at radius 1 is 0.821 bits per heavy atom. The lowest BCUT2D eigenvalue weighted by Crippen LogP contribution is -2.57. The molecule has 0 aromatic rings. The Labute approximate surface area is 160 Å². The van der Waals surface area contributed by atoms with Gasteiger partial charge >= 0.3 is 11.9 Å². The highest BCUT2D eigenvalue weighted by atomic mass is 16.4. The number of rotatable bonds is 14. The Bertz CT molecular complexity index is 571. The van der Waals surface area contributed by atoms with E-state index in [2.05, 4.69) is 10.6 Å². The van der Waals surface area contributed by atoms with Gasteiger partial charge in [-0.15, -0.1) is 0 Å². The molecule has 0 aliphatic heterocycles. The van der Waals surface area contributed by atoms with Gasteiger partial charge in [0.05, 0.1) is 19.6 Å². The van der Waals surface area contributed by atoms with E-state index in [9.17, 15) is 24.0 Å². The fourth-order valence-corrected chi connectivity index (χ4v) is 2.13. The van der Waals surface area contributed by atoms with E-state index in [4.69, 9.17) is 26.8 Å². The Kier molecular flexibility index (Phi) is 12.1. The zero-order valence-corrected chi connectivity index (χ0v) is 15.2. The van der Waals surface area contributed by atoms with Crippen LogP contribution in [0.15, 0.2) is 0 Å². The molecule has 3 amide bonds. The highest BCUT2D eigenvalue weighted by molar-refractivity contribution is 5.95. The van der Waals surface area contributed by atoms with Crippen molar-refractivity contribution in [3.05, 3.63) is 0 Å². The number of nitrogens with one attached hydrogen (secondary N) is 3. The van der Waals surface area contributed by atoms with Crippen molar-refractivity contribution in [2.45, 2.75) is 43.8 Å².